The van der Waals surface area contributed by atoms with Gasteiger partial charge in [-0.1, -0.05) is 37.3 Å². The van der Waals surface area contributed by atoms with Crippen molar-refractivity contribution >= 4 is 5.91 Å². The number of aliphatic hydroxyl groups excluding tert-OH is 1. The van der Waals surface area contributed by atoms with E-state index in [-0.39, 0.29) is 24.5 Å². The molecule has 3 N–H and O–H groups in total. The van der Waals surface area contributed by atoms with Crippen LogP contribution < -0.4 is 10.6 Å². The van der Waals surface area contributed by atoms with Crippen molar-refractivity contribution in [2.24, 2.45) is 11.8 Å². The summed E-state index contributed by atoms with van der Waals surface area (Å²) in [5.74, 6) is 0.373. The maximum absolute atomic E-state index is 12.1. The van der Waals surface area contributed by atoms with E-state index in [4.69, 9.17) is 0 Å². The highest BCUT2D eigenvalue weighted by Crippen LogP contribution is 2.18. The predicted molar refractivity (Wildman–Crippen MR) is 69.9 cm³/mol. The number of hydrogen-bond acceptors (Lipinski definition) is 3. The zero-order valence-electron chi connectivity index (χ0n) is 10.6. The summed E-state index contributed by atoms with van der Waals surface area (Å²) in [6.45, 7) is 3.60. The molecule has 0 saturated carbocycles. The third-order valence-electron chi connectivity index (χ3n) is 3.56. The summed E-state index contributed by atoms with van der Waals surface area (Å²) in [6.07, 6.45) is 0. The highest BCUT2D eigenvalue weighted by molar-refractivity contribution is 5.80. The van der Waals surface area contributed by atoms with Crippen LogP contribution in [-0.2, 0) is 4.79 Å². The fraction of sp³-hybridized carbons (Fsp3) is 0.500. The summed E-state index contributed by atoms with van der Waals surface area (Å²) in [5, 5.41) is 15.5. The molecule has 4 nitrogen and oxygen atoms in total. The molecule has 1 aliphatic heterocycles. The number of nitrogens with one attached hydrogen (secondary N) is 2. The molecule has 1 saturated heterocycles. The van der Waals surface area contributed by atoms with Gasteiger partial charge in [0.15, 0.2) is 0 Å². The third-order valence-corrected chi connectivity index (χ3v) is 3.56. The Hall–Kier alpha value is -1.39. The van der Waals surface area contributed by atoms with Crippen molar-refractivity contribution in [3.63, 3.8) is 0 Å². The number of hydrogen-bond donors (Lipinski definition) is 3. The lowest BCUT2D eigenvalue weighted by molar-refractivity contribution is -0.126. The minimum atomic E-state index is -0.313. The number of aliphatic hydroxyl groups is 1. The molecule has 1 fully saturated rings. The molecule has 0 aromatic heterocycles. The van der Waals surface area contributed by atoms with Gasteiger partial charge in [0, 0.05) is 6.54 Å². The van der Waals surface area contributed by atoms with Crippen molar-refractivity contribution in [3.8, 4) is 0 Å². The van der Waals surface area contributed by atoms with E-state index in [1.54, 1.807) is 0 Å². The van der Waals surface area contributed by atoms with Crippen molar-refractivity contribution in [2.45, 2.75) is 13.0 Å². The number of rotatable bonds is 4. The van der Waals surface area contributed by atoms with Gasteiger partial charge in [0.25, 0.3) is 0 Å². The van der Waals surface area contributed by atoms with Gasteiger partial charge in [0.2, 0.25) is 5.91 Å². The Morgan fingerprint density at radius 1 is 1.44 bits per heavy atom. The van der Waals surface area contributed by atoms with Crippen molar-refractivity contribution in [1.29, 1.82) is 0 Å². The molecular formula is C14H20N2O2. The summed E-state index contributed by atoms with van der Waals surface area (Å²) in [5.41, 5.74) is 0.937. The lowest BCUT2D eigenvalue weighted by atomic mass is 9.96. The smallest absolute Gasteiger partial charge is 0.225 e. The van der Waals surface area contributed by atoms with Gasteiger partial charge in [-0.2, -0.15) is 0 Å². The fourth-order valence-electron chi connectivity index (χ4n) is 2.36. The Balaban J connectivity index is 2.00. The Bertz CT molecular complexity index is 394. The molecular weight excluding hydrogens is 228 g/mol. The monoisotopic (exact) mass is 248 g/mol. The predicted octanol–water partition coefficient (Wildman–Crippen LogP) is 0.692. The molecule has 2 rings (SSSR count). The number of benzene rings is 1. The van der Waals surface area contributed by atoms with Crippen LogP contribution in [0.15, 0.2) is 30.3 Å². The zero-order valence-corrected chi connectivity index (χ0v) is 10.6. The average molecular weight is 248 g/mol. The standard InChI is InChI=1S/C14H20N2O2/c1-10-7-15-8-12(10)14(18)16-13(9-17)11-5-3-2-4-6-11/h2-6,10,12-13,15,17H,7-9H2,1H3,(H,16,18)/t10-,12-,13-/m1/s1. The van der Waals surface area contributed by atoms with Crippen LogP contribution in [-0.4, -0.2) is 30.7 Å². The van der Waals surface area contributed by atoms with E-state index in [0.717, 1.165) is 18.7 Å². The second-order valence-corrected chi connectivity index (χ2v) is 4.90. The van der Waals surface area contributed by atoms with Gasteiger partial charge in [0.05, 0.1) is 18.6 Å². The van der Waals surface area contributed by atoms with Gasteiger partial charge < -0.3 is 15.7 Å². The maximum Gasteiger partial charge on any atom is 0.225 e. The van der Waals surface area contributed by atoms with Gasteiger partial charge in [-0.05, 0) is 18.0 Å². The summed E-state index contributed by atoms with van der Waals surface area (Å²) in [7, 11) is 0. The largest absolute Gasteiger partial charge is 0.394 e. The first-order valence-electron chi connectivity index (χ1n) is 6.39. The van der Waals surface area contributed by atoms with Gasteiger partial charge in [-0.15, -0.1) is 0 Å². The van der Waals surface area contributed by atoms with Crippen molar-refractivity contribution in [3.05, 3.63) is 35.9 Å². The highest BCUT2D eigenvalue weighted by Gasteiger charge is 2.30. The van der Waals surface area contributed by atoms with Gasteiger partial charge in [0.1, 0.15) is 0 Å². The van der Waals surface area contributed by atoms with Crippen LogP contribution in [0.3, 0.4) is 0 Å². The van der Waals surface area contributed by atoms with Crippen LogP contribution in [0, 0.1) is 11.8 Å². The van der Waals surface area contributed by atoms with Crippen LogP contribution in [0.4, 0.5) is 0 Å². The first kappa shape index (κ1) is 13.1. The quantitative estimate of drug-likeness (QED) is 0.735. The lowest BCUT2D eigenvalue weighted by Gasteiger charge is -2.20. The Morgan fingerprint density at radius 2 is 2.17 bits per heavy atom. The minimum Gasteiger partial charge on any atom is -0.394 e. The highest BCUT2D eigenvalue weighted by atomic mass is 16.3. The Morgan fingerprint density at radius 3 is 2.72 bits per heavy atom. The van der Waals surface area contributed by atoms with Gasteiger partial charge in [-0.3, -0.25) is 4.79 Å². The van der Waals surface area contributed by atoms with E-state index >= 15 is 0 Å². The lowest BCUT2D eigenvalue weighted by Crippen LogP contribution is -2.38. The second-order valence-electron chi connectivity index (χ2n) is 4.90. The molecule has 18 heavy (non-hydrogen) atoms. The third kappa shape index (κ3) is 2.89. The maximum atomic E-state index is 12.1. The molecule has 1 aromatic carbocycles. The van der Waals surface area contributed by atoms with Crippen LogP contribution in [0.2, 0.25) is 0 Å². The molecule has 98 valence electrons. The van der Waals surface area contributed by atoms with Crippen LogP contribution in [0.1, 0.15) is 18.5 Å². The molecule has 0 bridgehead atoms. The molecule has 1 aliphatic rings. The Labute approximate surface area is 107 Å². The molecule has 1 amide bonds. The van der Waals surface area contributed by atoms with Gasteiger partial charge >= 0.3 is 0 Å². The molecule has 1 heterocycles. The van der Waals surface area contributed by atoms with E-state index in [9.17, 15) is 9.90 Å². The summed E-state index contributed by atoms with van der Waals surface area (Å²) in [6, 6.07) is 9.25. The van der Waals surface area contributed by atoms with Gasteiger partial charge in [-0.25, -0.2) is 0 Å². The molecule has 0 spiro atoms. The van der Waals surface area contributed by atoms with E-state index in [1.165, 1.54) is 0 Å². The van der Waals surface area contributed by atoms with Crippen molar-refractivity contribution in [2.75, 3.05) is 19.7 Å². The zero-order chi connectivity index (χ0) is 13.0. The van der Waals surface area contributed by atoms with Crippen LogP contribution in [0.5, 0.6) is 0 Å². The number of carbonyl (C=O) groups excluding carboxylic acids is 1. The summed E-state index contributed by atoms with van der Waals surface area (Å²) >= 11 is 0. The summed E-state index contributed by atoms with van der Waals surface area (Å²) in [4.78, 5) is 12.1. The molecule has 0 aliphatic carbocycles. The molecule has 0 radical (unpaired) electrons. The minimum absolute atomic E-state index is 0.00256. The van der Waals surface area contributed by atoms with Crippen LogP contribution in [0.25, 0.3) is 0 Å². The molecule has 0 unspecified atom stereocenters. The average Bonchev–Trinajstić information content (AvgIpc) is 2.83. The normalized spacial score (nSPS) is 24.8. The Kier molecular flexibility index (Phi) is 4.33. The summed E-state index contributed by atoms with van der Waals surface area (Å²) < 4.78 is 0. The van der Waals surface area contributed by atoms with Crippen molar-refractivity contribution in [1.82, 2.24) is 10.6 Å². The molecule has 3 atom stereocenters. The topological polar surface area (TPSA) is 61.4 Å². The van der Waals surface area contributed by atoms with E-state index < -0.39 is 0 Å². The van der Waals surface area contributed by atoms with Crippen molar-refractivity contribution < 1.29 is 9.90 Å². The van der Waals surface area contributed by atoms with E-state index in [1.807, 2.05) is 30.3 Å². The number of carbonyl (C=O) groups is 1. The first-order valence-corrected chi connectivity index (χ1v) is 6.39. The fourth-order valence-corrected chi connectivity index (χ4v) is 2.36. The van der Waals surface area contributed by atoms with Crippen LogP contribution >= 0.6 is 0 Å². The molecule has 1 aromatic rings. The first-order chi connectivity index (χ1) is 8.72. The van der Waals surface area contributed by atoms with E-state index in [2.05, 4.69) is 17.6 Å². The SMILES string of the molecule is C[C@@H]1CNC[C@H]1C(=O)N[C@H](CO)c1ccccc1. The number of amides is 1. The van der Waals surface area contributed by atoms with E-state index in [0.29, 0.717) is 5.92 Å². The molecule has 4 heteroatoms. The second kappa shape index (κ2) is 5.98.